The first kappa shape index (κ1) is 10.2. The van der Waals surface area contributed by atoms with E-state index in [1.54, 1.807) is 11.1 Å². The zero-order chi connectivity index (χ0) is 10.7. The van der Waals surface area contributed by atoms with Crippen LogP contribution in [-0.4, -0.2) is 6.04 Å². The Labute approximate surface area is 87.8 Å². The number of nitrogens with two attached hydrogens (primary N) is 1. The maximum absolute atomic E-state index is 6.43. The van der Waals surface area contributed by atoms with Crippen molar-refractivity contribution < 1.29 is 0 Å². The highest BCUT2D eigenvalue weighted by molar-refractivity contribution is 5.35. The molecule has 3 unspecified atom stereocenters. The van der Waals surface area contributed by atoms with Gasteiger partial charge in [0.2, 0.25) is 0 Å². The maximum atomic E-state index is 6.43. The predicted molar refractivity (Wildman–Crippen MR) is 61.0 cm³/mol. The standard InChI is InChI=1S/C13H23N/c1-8-9(2)13(5)7-6-12(3,4)10(8)11(13)14/h10-11H,6-7,14H2,1-5H3. The lowest BCUT2D eigenvalue weighted by Gasteiger charge is -2.47. The van der Waals surface area contributed by atoms with Crippen LogP contribution in [0, 0.1) is 16.7 Å². The molecule has 3 atom stereocenters. The third-order valence-corrected chi connectivity index (χ3v) is 5.14. The smallest absolute Gasteiger partial charge is 0.0202 e. The minimum Gasteiger partial charge on any atom is -0.326 e. The highest BCUT2D eigenvalue weighted by Gasteiger charge is 2.54. The molecule has 2 rings (SSSR count). The first-order chi connectivity index (χ1) is 6.31. The maximum Gasteiger partial charge on any atom is 0.0202 e. The van der Waals surface area contributed by atoms with Crippen LogP contribution < -0.4 is 5.73 Å². The topological polar surface area (TPSA) is 26.0 Å². The van der Waals surface area contributed by atoms with Gasteiger partial charge < -0.3 is 5.73 Å². The summed E-state index contributed by atoms with van der Waals surface area (Å²) in [5, 5.41) is 0. The largest absolute Gasteiger partial charge is 0.326 e. The second kappa shape index (κ2) is 2.63. The minimum atomic E-state index is 0.296. The fourth-order valence-electron chi connectivity index (χ4n) is 3.73. The summed E-state index contributed by atoms with van der Waals surface area (Å²) in [6, 6.07) is 0.353. The monoisotopic (exact) mass is 193 g/mol. The molecule has 0 saturated heterocycles. The normalized spacial score (nSPS) is 45.9. The fraction of sp³-hybridized carbons (Fsp3) is 0.846. The van der Waals surface area contributed by atoms with Gasteiger partial charge in [0.1, 0.15) is 0 Å². The Balaban J connectivity index is 2.51. The van der Waals surface area contributed by atoms with Crippen molar-refractivity contribution in [2.45, 2.75) is 53.5 Å². The molecule has 2 bridgehead atoms. The highest BCUT2D eigenvalue weighted by Crippen LogP contribution is 2.59. The molecule has 0 spiro atoms. The Morgan fingerprint density at radius 2 is 1.71 bits per heavy atom. The average molecular weight is 193 g/mol. The van der Waals surface area contributed by atoms with E-state index in [1.165, 1.54) is 12.8 Å². The first-order valence-corrected chi connectivity index (χ1v) is 5.74. The summed E-state index contributed by atoms with van der Waals surface area (Å²) in [6.45, 7) is 11.7. The Hall–Kier alpha value is -0.300. The van der Waals surface area contributed by atoms with Crippen LogP contribution in [0.5, 0.6) is 0 Å². The third-order valence-electron chi connectivity index (χ3n) is 5.14. The van der Waals surface area contributed by atoms with Gasteiger partial charge in [-0.1, -0.05) is 31.9 Å². The first-order valence-electron chi connectivity index (χ1n) is 5.74. The van der Waals surface area contributed by atoms with Gasteiger partial charge in [-0.2, -0.15) is 0 Å². The van der Waals surface area contributed by atoms with Crippen LogP contribution in [0.3, 0.4) is 0 Å². The fourth-order valence-corrected chi connectivity index (χ4v) is 3.73. The summed E-state index contributed by atoms with van der Waals surface area (Å²) in [5.74, 6) is 0.612. The summed E-state index contributed by atoms with van der Waals surface area (Å²) in [7, 11) is 0. The molecule has 1 saturated carbocycles. The van der Waals surface area contributed by atoms with Gasteiger partial charge in [-0.3, -0.25) is 0 Å². The van der Waals surface area contributed by atoms with Gasteiger partial charge in [0.05, 0.1) is 0 Å². The molecule has 2 aliphatic carbocycles. The van der Waals surface area contributed by atoms with Crippen molar-refractivity contribution >= 4 is 0 Å². The van der Waals surface area contributed by atoms with Crippen molar-refractivity contribution in [2.75, 3.05) is 0 Å². The van der Waals surface area contributed by atoms with Crippen LogP contribution in [0.1, 0.15) is 47.5 Å². The van der Waals surface area contributed by atoms with E-state index in [-0.39, 0.29) is 0 Å². The molecule has 1 heteroatoms. The second-order valence-electron chi connectivity index (χ2n) is 6.22. The summed E-state index contributed by atoms with van der Waals surface area (Å²) < 4.78 is 0. The van der Waals surface area contributed by atoms with Crippen LogP contribution in [0.15, 0.2) is 11.1 Å². The quantitative estimate of drug-likeness (QED) is 0.588. The lowest BCUT2D eigenvalue weighted by molar-refractivity contribution is 0.0853. The lowest BCUT2D eigenvalue weighted by atomic mass is 9.60. The van der Waals surface area contributed by atoms with E-state index in [0.29, 0.717) is 22.8 Å². The molecule has 0 heterocycles. The zero-order valence-corrected chi connectivity index (χ0v) is 10.1. The molecule has 2 N–H and O–H groups in total. The van der Waals surface area contributed by atoms with Crippen molar-refractivity contribution in [1.82, 2.24) is 0 Å². The molecular formula is C13H23N. The molecule has 0 aromatic heterocycles. The SMILES string of the molecule is CC1=C(C)C2(C)CCC(C)(C)C1C2N. The van der Waals surface area contributed by atoms with E-state index in [4.69, 9.17) is 5.73 Å². The Morgan fingerprint density at radius 3 is 2.21 bits per heavy atom. The summed E-state index contributed by atoms with van der Waals surface area (Å²) in [5.41, 5.74) is 10.3. The van der Waals surface area contributed by atoms with E-state index in [0.717, 1.165) is 0 Å². The minimum absolute atomic E-state index is 0.296. The van der Waals surface area contributed by atoms with Gasteiger partial charge in [-0.25, -0.2) is 0 Å². The molecule has 0 amide bonds. The van der Waals surface area contributed by atoms with Crippen LogP contribution >= 0.6 is 0 Å². The lowest BCUT2D eigenvalue weighted by Crippen LogP contribution is -2.50. The zero-order valence-electron chi connectivity index (χ0n) is 10.1. The number of fused-ring (bicyclic) bond motifs is 2. The van der Waals surface area contributed by atoms with Gasteiger partial charge in [-0.15, -0.1) is 0 Å². The van der Waals surface area contributed by atoms with E-state index in [2.05, 4.69) is 34.6 Å². The molecule has 0 aromatic rings. The van der Waals surface area contributed by atoms with E-state index in [1.807, 2.05) is 0 Å². The Bertz CT molecular complexity index is 300. The Kier molecular flexibility index (Phi) is 1.92. The van der Waals surface area contributed by atoms with E-state index in [9.17, 15) is 0 Å². The molecular weight excluding hydrogens is 170 g/mol. The van der Waals surface area contributed by atoms with Crippen molar-refractivity contribution in [1.29, 1.82) is 0 Å². The molecule has 14 heavy (non-hydrogen) atoms. The number of hydrogen-bond donors (Lipinski definition) is 1. The molecule has 0 aromatic carbocycles. The average Bonchev–Trinajstić information content (AvgIpc) is 2.21. The molecule has 0 radical (unpaired) electrons. The molecule has 1 fully saturated rings. The van der Waals surface area contributed by atoms with E-state index < -0.39 is 0 Å². The highest BCUT2D eigenvalue weighted by atomic mass is 14.8. The Morgan fingerprint density at radius 1 is 1.14 bits per heavy atom. The molecule has 1 nitrogen and oxygen atoms in total. The summed E-state index contributed by atoms with van der Waals surface area (Å²) in [4.78, 5) is 0. The molecule has 2 aliphatic rings. The number of hydrogen-bond acceptors (Lipinski definition) is 1. The van der Waals surface area contributed by atoms with E-state index >= 15 is 0 Å². The van der Waals surface area contributed by atoms with Crippen molar-refractivity contribution in [3.05, 3.63) is 11.1 Å². The van der Waals surface area contributed by atoms with Crippen LogP contribution in [0.2, 0.25) is 0 Å². The van der Waals surface area contributed by atoms with Gasteiger partial charge in [0.25, 0.3) is 0 Å². The number of rotatable bonds is 0. The van der Waals surface area contributed by atoms with Gasteiger partial charge in [0.15, 0.2) is 0 Å². The molecule has 0 aliphatic heterocycles. The van der Waals surface area contributed by atoms with Crippen molar-refractivity contribution in [3.8, 4) is 0 Å². The predicted octanol–water partition coefficient (Wildman–Crippen LogP) is 3.11. The van der Waals surface area contributed by atoms with Crippen LogP contribution in [0.25, 0.3) is 0 Å². The summed E-state index contributed by atoms with van der Waals surface area (Å²) >= 11 is 0. The van der Waals surface area contributed by atoms with Gasteiger partial charge >= 0.3 is 0 Å². The van der Waals surface area contributed by atoms with Crippen LogP contribution in [0.4, 0.5) is 0 Å². The van der Waals surface area contributed by atoms with Gasteiger partial charge in [-0.05, 0) is 32.1 Å². The van der Waals surface area contributed by atoms with Crippen molar-refractivity contribution in [2.24, 2.45) is 22.5 Å². The summed E-state index contributed by atoms with van der Waals surface area (Å²) in [6.07, 6.45) is 2.58. The molecule has 80 valence electrons. The third kappa shape index (κ3) is 0.995. The van der Waals surface area contributed by atoms with Gasteiger partial charge in [0, 0.05) is 17.4 Å². The van der Waals surface area contributed by atoms with Crippen molar-refractivity contribution in [3.63, 3.8) is 0 Å². The van der Waals surface area contributed by atoms with Crippen LogP contribution in [-0.2, 0) is 0 Å². The second-order valence-corrected chi connectivity index (χ2v) is 6.22.